The highest BCUT2D eigenvalue weighted by Crippen LogP contribution is 2.33. The van der Waals surface area contributed by atoms with Crippen LogP contribution in [0.1, 0.15) is 30.5 Å². The summed E-state index contributed by atoms with van der Waals surface area (Å²) in [5.74, 6) is -0.596. The van der Waals surface area contributed by atoms with Crippen molar-refractivity contribution < 1.29 is 14.4 Å². The molecule has 0 spiro atoms. The molecule has 0 N–H and O–H groups in total. The molecule has 2 aromatic rings. The number of hydrogen-bond donors (Lipinski definition) is 0. The maximum absolute atomic E-state index is 12.8. The van der Waals surface area contributed by atoms with Crippen LogP contribution in [-0.4, -0.2) is 51.1 Å². The maximum atomic E-state index is 12.8. The Morgan fingerprint density at radius 3 is 2.67 bits per heavy atom. The molecule has 6 nitrogen and oxygen atoms in total. The number of benzene rings is 1. The van der Waals surface area contributed by atoms with E-state index in [4.69, 9.17) is 11.6 Å². The number of aromatic nitrogens is 1. The van der Waals surface area contributed by atoms with Gasteiger partial charge in [-0.25, -0.2) is 0 Å². The molecular weight excluding hydrogens is 422 g/mol. The van der Waals surface area contributed by atoms with Gasteiger partial charge >= 0.3 is 0 Å². The lowest BCUT2D eigenvalue weighted by Crippen LogP contribution is -2.44. The number of aryl methyl sites for hydroxylation is 1. The maximum Gasteiger partial charge on any atom is 0.294 e. The second kappa shape index (κ2) is 8.70. The molecule has 0 saturated carbocycles. The van der Waals surface area contributed by atoms with Crippen LogP contribution in [0.25, 0.3) is 11.8 Å². The van der Waals surface area contributed by atoms with E-state index in [0.717, 1.165) is 52.9 Å². The summed E-state index contributed by atoms with van der Waals surface area (Å²) in [6, 6.07) is 9.46. The Labute approximate surface area is 184 Å². The van der Waals surface area contributed by atoms with Crippen LogP contribution in [0.3, 0.4) is 0 Å². The van der Waals surface area contributed by atoms with E-state index in [1.165, 1.54) is 0 Å². The molecule has 156 valence electrons. The van der Waals surface area contributed by atoms with Crippen LogP contribution in [0.4, 0.5) is 4.79 Å². The molecule has 0 bridgehead atoms. The van der Waals surface area contributed by atoms with E-state index >= 15 is 0 Å². The number of carbonyl (C=O) groups excluding carboxylic acids is 3. The number of hydrogen-bond acceptors (Lipinski definition) is 4. The fourth-order valence-corrected chi connectivity index (χ4v) is 4.63. The Kier molecular flexibility index (Phi) is 6.01. The predicted molar refractivity (Wildman–Crippen MR) is 119 cm³/mol. The first kappa shape index (κ1) is 20.8. The zero-order valence-electron chi connectivity index (χ0n) is 16.6. The average molecular weight is 444 g/mol. The van der Waals surface area contributed by atoms with Crippen LogP contribution in [0.15, 0.2) is 41.4 Å². The lowest BCUT2D eigenvalue weighted by atomic mass is 10.1. The highest BCUT2D eigenvalue weighted by molar-refractivity contribution is 8.18. The molecule has 1 aromatic heterocycles. The first-order chi connectivity index (χ1) is 14.4. The summed E-state index contributed by atoms with van der Waals surface area (Å²) in [6.07, 6.45) is 6.60. The molecule has 3 heterocycles. The fraction of sp³-hybridized carbons (Fsp3) is 0.318. The summed E-state index contributed by atoms with van der Waals surface area (Å²) in [4.78, 5) is 40.8. The van der Waals surface area contributed by atoms with Gasteiger partial charge in [0, 0.05) is 35.7 Å². The molecule has 2 saturated heterocycles. The molecular formula is C22H22ClN3O3S. The summed E-state index contributed by atoms with van der Waals surface area (Å²) >= 11 is 7.12. The lowest BCUT2D eigenvalue weighted by molar-refractivity contribution is -0.136. The van der Waals surface area contributed by atoms with Gasteiger partial charge in [-0.2, -0.15) is 0 Å². The van der Waals surface area contributed by atoms with Crippen molar-refractivity contribution in [1.82, 2.24) is 14.4 Å². The van der Waals surface area contributed by atoms with E-state index in [-0.39, 0.29) is 12.5 Å². The predicted octanol–water partition coefficient (Wildman–Crippen LogP) is 4.49. The van der Waals surface area contributed by atoms with Crippen LogP contribution in [0.2, 0.25) is 5.02 Å². The van der Waals surface area contributed by atoms with Gasteiger partial charge in [0.25, 0.3) is 11.1 Å². The first-order valence-electron chi connectivity index (χ1n) is 9.91. The van der Waals surface area contributed by atoms with Crippen LogP contribution in [-0.2, 0) is 9.59 Å². The number of halogens is 1. The summed E-state index contributed by atoms with van der Waals surface area (Å²) in [7, 11) is 0. The summed E-state index contributed by atoms with van der Waals surface area (Å²) in [5, 5.41) is 0.247. The van der Waals surface area contributed by atoms with Crippen LogP contribution < -0.4 is 0 Å². The summed E-state index contributed by atoms with van der Waals surface area (Å²) < 4.78 is 1.90. The van der Waals surface area contributed by atoms with Crippen molar-refractivity contribution in [3.63, 3.8) is 0 Å². The number of carbonyl (C=O) groups is 3. The Morgan fingerprint density at radius 1 is 1.17 bits per heavy atom. The molecule has 0 atom stereocenters. The molecule has 3 amide bonds. The Hall–Kier alpha value is -2.51. The van der Waals surface area contributed by atoms with Crippen molar-refractivity contribution in [2.45, 2.75) is 26.2 Å². The van der Waals surface area contributed by atoms with E-state index in [2.05, 4.69) is 0 Å². The number of amides is 3. The van der Waals surface area contributed by atoms with Gasteiger partial charge in [-0.15, -0.1) is 0 Å². The van der Waals surface area contributed by atoms with E-state index in [1.54, 1.807) is 11.0 Å². The highest BCUT2D eigenvalue weighted by atomic mass is 35.5. The molecule has 2 aliphatic rings. The van der Waals surface area contributed by atoms with Crippen molar-refractivity contribution in [2.24, 2.45) is 0 Å². The van der Waals surface area contributed by atoms with Crippen molar-refractivity contribution in [3.05, 3.63) is 57.7 Å². The van der Waals surface area contributed by atoms with E-state index < -0.39 is 11.1 Å². The molecule has 0 radical (unpaired) electrons. The minimum atomic E-state index is -0.426. The molecule has 0 aliphatic carbocycles. The van der Waals surface area contributed by atoms with Crippen molar-refractivity contribution in [2.75, 3.05) is 19.6 Å². The number of piperidine rings is 1. The SMILES string of the molecule is Cc1ccc(-n2cccc2C=C2SC(=O)N(CC(=O)N3CCCCC3)C2=O)cc1Cl. The van der Waals surface area contributed by atoms with Gasteiger partial charge in [0.05, 0.1) is 4.91 Å². The number of nitrogens with zero attached hydrogens (tertiary/aromatic N) is 3. The van der Waals surface area contributed by atoms with Gasteiger partial charge in [0.2, 0.25) is 5.91 Å². The van der Waals surface area contributed by atoms with E-state index in [0.29, 0.717) is 23.0 Å². The van der Waals surface area contributed by atoms with Gasteiger partial charge in [-0.1, -0.05) is 17.7 Å². The Morgan fingerprint density at radius 2 is 1.93 bits per heavy atom. The first-order valence-corrected chi connectivity index (χ1v) is 11.1. The second-order valence-corrected chi connectivity index (χ2v) is 8.85. The third-order valence-electron chi connectivity index (χ3n) is 5.37. The number of rotatable bonds is 4. The van der Waals surface area contributed by atoms with Gasteiger partial charge in [-0.05, 0) is 73.9 Å². The van der Waals surface area contributed by atoms with Crippen LogP contribution in [0.5, 0.6) is 0 Å². The number of thioether (sulfide) groups is 1. The zero-order chi connectivity index (χ0) is 21.3. The number of imide groups is 1. The van der Waals surface area contributed by atoms with Gasteiger partial charge in [-0.3, -0.25) is 19.3 Å². The monoisotopic (exact) mass is 443 g/mol. The third kappa shape index (κ3) is 4.18. The highest BCUT2D eigenvalue weighted by Gasteiger charge is 2.37. The van der Waals surface area contributed by atoms with Crippen molar-refractivity contribution >= 4 is 46.5 Å². The van der Waals surface area contributed by atoms with Gasteiger partial charge < -0.3 is 9.47 Å². The second-order valence-electron chi connectivity index (χ2n) is 7.45. The fourth-order valence-electron chi connectivity index (χ4n) is 3.63. The number of likely N-dealkylation sites (tertiary alicyclic amines) is 1. The molecule has 1 aromatic carbocycles. The minimum absolute atomic E-state index is 0.170. The van der Waals surface area contributed by atoms with Crippen molar-refractivity contribution in [3.8, 4) is 5.69 Å². The van der Waals surface area contributed by atoms with Crippen molar-refractivity contribution in [1.29, 1.82) is 0 Å². The smallest absolute Gasteiger partial charge is 0.294 e. The Bertz CT molecular complexity index is 1040. The Balaban J connectivity index is 1.53. The third-order valence-corrected chi connectivity index (χ3v) is 6.68. The molecule has 8 heteroatoms. The topological polar surface area (TPSA) is 62.6 Å². The minimum Gasteiger partial charge on any atom is -0.341 e. The largest absolute Gasteiger partial charge is 0.341 e. The normalized spacial score (nSPS) is 18.5. The lowest BCUT2D eigenvalue weighted by Gasteiger charge is -2.27. The molecule has 4 rings (SSSR count). The van der Waals surface area contributed by atoms with E-state index in [9.17, 15) is 14.4 Å². The standard InChI is InChI=1S/C22H22ClN3O3S/c1-15-7-8-17(12-18(15)23)25-11-5-6-16(25)13-19-21(28)26(22(29)30-19)14-20(27)24-9-3-2-4-10-24/h5-8,11-13H,2-4,9-10,14H2,1H3. The van der Waals surface area contributed by atoms with Crippen LogP contribution in [0, 0.1) is 6.92 Å². The average Bonchev–Trinajstić information content (AvgIpc) is 3.31. The van der Waals surface area contributed by atoms with Gasteiger partial charge in [0.15, 0.2) is 0 Å². The van der Waals surface area contributed by atoms with E-state index in [1.807, 2.05) is 48.0 Å². The molecule has 0 unspecified atom stereocenters. The molecule has 2 fully saturated rings. The zero-order valence-corrected chi connectivity index (χ0v) is 18.2. The van der Waals surface area contributed by atoms with Crippen LogP contribution >= 0.6 is 23.4 Å². The summed E-state index contributed by atoms with van der Waals surface area (Å²) in [5.41, 5.74) is 2.60. The van der Waals surface area contributed by atoms with Gasteiger partial charge in [0.1, 0.15) is 6.54 Å². The summed E-state index contributed by atoms with van der Waals surface area (Å²) in [6.45, 7) is 3.12. The molecule has 30 heavy (non-hydrogen) atoms. The molecule has 2 aliphatic heterocycles. The quantitative estimate of drug-likeness (QED) is 0.653.